The van der Waals surface area contributed by atoms with Gasteiger partial charge in [-0.15, -0.1) is 0 Å². The number of hydrogen-bond acceptors (Lipinski definition) is 6. The fraction of sp³-hybridized carbons (Fsp3) is 0.474. The third-order valence-corrected chi connectivity index (χ3v) is 4.56. The molecule has 1 aromatic rings. The number of amides is 3. The lowest BCUT2D eigenvalue weighted by Gasteiger charge is -2.22. The van der Waals surface area contributed by atoms with Crippen LogP contribution in [-0.2, 0) is 25.7 Å². The number of carbonyl (C=O) groups is 4. The quantitative estimate of drug-likeness (QED) is 0.546. The summed E-state index contributed by atoms with van der Waals surface area (Å²) in [6, 6.07) is 7.20. The lowest BCUT2D eigenvalue weighted by molar-refractivity contribution is -0.138. The first-order chi connectivity index (χ1) is 13.4. The van der Waals surface area contributed by atoms with Crippen LogP contribution in [0, 0.1) is 0 Å². The van der Waals surface area contributed by atoms with E-state index >= 15 is 0 Å². The number of likely N-dealkylation sites (tertiary alicyclic amines) is 1. The van der Waals surface area contributed by atoms with Crippen LogP contribution in [0.15, 0.2) is 30.3 Å². The second-order valence-electron chi connectivity index (χ2n) is 6.56. The zero-order chi connectivity index (χ0) is 20.5. The smallest absolute Gasteiger partial charge is 0.408 e. The number of benzene rings is 1. The molecule has 9 heteroatoms. The molecule has 1 aromatic carbocycles. The lowest BCUT2D eigenvalue weighted by atomic mass is 10.1. The van der Waals surface area contributed by atoms with Gasteiger partial charge in [0.15, 0.2) is 5.78 Å². The minimum Gasteiger partial charge on any atom is -0.445 e. The zero-order valence-electron chi connectivity index (χ0n) is 15.5. The Balaban J connectivity index is 1.78. The van der Waals surface area contributed by atoms with Gasteiger partial charge in [0, 0.05) is 19.4 Å². The minimum absolute atomic E-state index is 0.0287. The van der Waals surface area contributed by atoms with Gasteiger partial charge in [-0.05, 0) is 18.4 Å². The molecule has 0 bridgehead atoms. The lowest BCUT2D eigenvalue weighted by Crippen LogP contribution is -2.45. The summed E-state index contributed by atoms with van der Waals surface area (Å²) in [5, 5.41) is 11.7. The second kappa shape index (κ2) is 10.4. The van der Waals surface area contributed by atoms with Crippen molar-refractivity contribution in [3.63, 3.8) is 0 Å². The Hall–Kier alpha value is -2.94. The molecule has 2 rings (SSSR count). The van der Waals surface area contributed by atoms with Crippen molar-refractivity contribution < 1.29 is 29.0 Å². The molecule has 4 N–H and O–H groups in total. The summed E-state index contributed by atoms with van der Waals surface area (Å²) in [5.74, 6) is -1.41. The van der Waals surface area contributed by atoms with Crippen LogP contribution >= 0.6 is 0 Å². The Morgan fingerprint density at radius 3 is 2.57 bits per heavy atom. The summed E-state index contributed by atoms with van der Waals surface area (Å²) in [4.78, 5) is 49.0. The Bertz CT molecular complexity index is 709. The van der Waals surface area contributed by atoms with Crippen LogP contribution < -0.4 is 11.1 Å². The van der Waals surface area contributed by atoms with Crippen LogP contribution in [0.2, 0.25) is 0 Å². The number of ether oxygens (including phenoxy) is 1. The van der Waals surface area contributed by atoms with E-state index in [9.17, 15) is 24.3 Å². The summed E-state index contributed by atoms with van der Waals surface area (Å²) in [7, 11) is 0. The van der Waals surface area contributed by atoms with E-state index in [-0.39, 0.29) is 25.4 Å². The number of nitrogens with one attached hydrogen (secondary N) is 1. The van der Waals surface area contributed by atoms with E-state index in [1.807, 2.05) is 6.07 Å². The van der Waals surface area contributed by atoms with Crippen molar-refractivity contribution in [3.8, 4) is 0 Å². The van der Waals surface area contributed by atoms with Gasteiger partial charge in [0.1, 0.15) is 18.7 Å². The molecule has 1 aliphatic heterocycles. The van der Waals surface area contributed by atoms with Crippen LogP contribution in [0.5, 0.6) is 0 Å². The second-order valence-corrected chi connectivity index (χ2v) is 6.56. The van der Waals surface area contributed by atoms with E-state index in [0.29, 0.717) is 19.4 Å². The predicted molar refractivity (Wildman–Crippen MR) is 98.8 cm³/mol. The normalized spacial score (nSPS) is 17.0. The molecule has 0 aromatic heterocycles. The van der Waals surface area contributed by atoms with Crippen molar-refractivity contribution in [3.05, 3.63) is 35.9 Å². The molecule has 1 aliphatic rings. The molecular formula is C19H25N3O6. The number of nitrogens with two attached hydrogens (primary N) is 1. The molecule has 0 spiro atoms. The van der Waals surface area contributed by atoms with E-state index in [2.05, 4.69) is 5.32 Å². The number of aliphatic hydroxyl groups is 1. The fourth-order valence-electron chi connectivity index (χ4n) is 3.04. The molecule has 2 atom stereocenters. The van der Waals surface area contributed by atoms with Crippen LogP contribution in [0.25, 0.3) is 0 Å². The number of aliphatic hydroxyl groups excluding tert-OH is 1. The number of primary amides is 1. The summed E-state index contributed by atoms with van der Waals surface area (Å²) in [6.45, 7) is -0.157. The number of alkyl carbamates (subject to hydrolysis) is 1. The monoisotopic (exact) mass is 391 g/mol. The van der Waals surface area contributed by atoms with Gasteiger partial charge >= 0.3 is 6.09 Å². The van der Waals surface area contributed by atoms with E-state index < -0.39 is 36.5 Å². The molecule has 28 heavy (non-hydrogen) atoms. The number of ketones is 1. The van der Waals surface area contributed by atoms with Crippen molar-refractivity contribution in [1.29, 1.82) is 0 Å². The molecule has 1 fully saturated rings. The molecule has 9 nitrogen and oxygen atoms in total. The van der Waals surface area contributed by atoms with Gasteiger partial charge in [0.2, 0.25) is 11.8 Å². The standard InChI is InChI=1S/C19H25N3O6/c20-18(26)15-7-4-10-22(15)17(25)9-8-16(24)14(11-23)21-19(27)28-12-13-5-2-1-3-6-13/h1-3,5-6,14-15,23H,4,7-12H2,(H2,20,26)(H,21,27)/t14-,15?/m0/s1. The predicted octanol–water partition coefficient (Wildman–Crippen LogP) is 0.0993. The van der Waals surface area contributed by atoms with Crippen molar-refractivity contribution in [2.24, 2.45) is 5.73 Å². The summed E-state index contributed by atoms with van der Waals surface area (Å²) >= 11 is 0. The highest BCUT2D eigenvalue weighted by Gasteiger charge is 2.33. The molecule has 3 amide bonds. The van der Waals surface area contributed by atoms with Crippen molar-refractivity contribution in [1.82, 2.24) is 10.2 Å². The summed E-state index contributed by atoms with van der Waals surface area (Å²) in [6.07, 6.45) is 0.0610. The van der Waals surface area contributed by atoms with E-state index in [0.717, 1.165) is 5.56 Å². The van der Waals surface area contributed by atoms with Gasteiger partial charge in [-0.1, -0.05) is 30.3 Å². The Kier molecular flexibility index (Phi) is 7.94. The van der Waals surface area contributed by atoms with E-state index in [1.54, 1.807) is 24.3 Å². The third-order valence-electron chi connectivity index (χ3n) is 4.56. The highest BCUT2D eigenvalue weighted by Crippen LogP contribution is 2.18. The minimum atomic E-state index is -1.17. The van der Waals surface area contributed by atoms with E-state index in [4.69, 9.17) is 10.5 Å². The number of carbonyl (C=O) groups excluding carboxylic acids is 4. The van der Waals surface area contributed by atoms with Crippen molar-refractivity contribution >= 4 is 23.7 Å². The molecule has 1 saturated heterocycles. The van der Waals surface area contributed by atoms with Gasteiger partial charge in [-0.3, -0.25) is 14.4 Å². The molecule has 152 valence electrons. The molecule has 1 unspecified atom stereocenters. The SMILES string of the molecule is NC(=O)C1CCCN1C(=O)CCC(=O)[C@H](CO)NC(=O)OCc1ccccc1. The maximum absolute atomic E-state index is 12.2. The largest absolute Gasteiger partial charge is 0.445 e. The summed E-state index contributed by atoms with van der Waals surface area (Å²) in [5.41, 5.74) is 6.06. The third kappa shape index (κ3) is 6.05. The maximum Gasteiger partial charge on any atom is 0.408 e. The number of rotatable bonds is 9. The van der Waals surface area contributed by atoms with Gasteiger partial charge in [0.25, 0.3) is 0 Å². The molecule has 0 saturated carbocycles. The van der Waals surface area contributed by atoms with Crippen LogP contribution in [-0.4, -0.2) is 58.9 Å². The molecular weight excluding hydrogens is 366 g/mol. The number of nitrogens with zero attached hydrogens (tertiary/aromatic N) is 1. The molecule has 0 aliphatic carbocycles. The van der Waals surface area contributed by atoms with Crippen molar-refractivity contribution in [2.75, 3.05) is 13.2 Å². The van der Waals surface area contributed by atoms with Gasteiger partial charge < -0.3 is 25.8 Å². The summed E-state index contributed by atoms with van der Waals surface area (Å²) < 4.78 is 5.02. The zero-order valence-corrected chi connectivity index (χ0v) is 15.5. The number of Topliss-reactive ketones (excluding diaryl/α,β-unsaturated/α-hetero) is 1. The Morgan fingerprint density at radius 2 is 1.93 bits per heavy atom. The maximum atomic E-state index is 12.2. The fourth-order valence-corrected chi connectivity index (χ4v) is 3.04. The first-order valence-electron chi connectivity index (χ1n) is 9.12. The van der Waals surface area contributed by atoms with E-state index in [1.165, 1.54) is 4.90 Å². The molecule has 1 heterocycles. The topological polar surface area (TPSA) is 139 Å². The highest BCUT2D eigenvalue weighted by molar-refractivity contribution is 5.92. The average Bonchev–Trinajstić information content (AvgIpc) is 3.19. The van der Waals surface area contributed by atoms with Crippen LogP contribution in [0.3, 0.4) is 0 Å². The Labute approximate surface area is 162 Å². The average molecular weight is 391 g/mol. The first-order valence-corrected chi connectivity index (χ1v) is 9.12. The van der Waals surface area contributed by atoms with Gasteiger partial charge in [0.05, 0.1) is 6.61 Å². The van der Waals surface area contributed by atoms with Crippen LogP contribution in [0.1, 0.15) is 31.2 Å². The van der Waals surface area contributed by atoms with Crippen LogP contribution in [0.4, 0.5) is 4.79 Å². The highest BCUT2D eigenvalue weighted by atomic mass is 16.5. The first kappa shape index (κ1) is 21.4. The number of hydrogen-bond donors (Lipinski definition) is 3. The van der Waals surface area contributed by atoms with Crippen molar-refractivity contribution in [2.45, 2.75) is 44.4 Å². The van der Waals surface area contributed by atoms with Gasteiger partial charge in [-0.25, -0.2) is 4.79 Å². The Morgan fingerprint density at radius 1 is 1.21 bits per heavy atom. The van der Waals surface area contributed by atoms with Gasteiger partial charge in [-0.2, -0.15) is 0 Å². The molecule has 0 radical (unpaired) electrons.